The Hall–Kier alpha value is -2.95. The van der Waals surface area contributed by atoms with Gasteiger partial charge in [0.15, 0.2) is 17.5 Å². The average Bonchev–Trinajstić information content (AvgIpc) is 3.10. The Morgan fingerprint density at radius 2 is 2.00 bits per heavy atom. The second-order valence-corrected chi connectivity index (χ2v) is 7.19. The van der Waals surface area contributed by atoms with Gasteiger partial charge in [0.25, 0.3) is 0 Å². The Morgan fingerprint density at radius 3 is 2.67 bits per heavy atom. The number of alkyl halides is 3. The summed E-state index contributed by atoms with van der Waals surface area (Å²) in [6.45, 7) is 1.44. The average molecular weight is 445 g/mol. The Balaban J connectivity index is 1.92. The molecule has 1 amide bonds. The molecule has 1 atom stereocenters. The summed E-state index contributed by atoms with van der Waals surface area (Å²) >= 11 is 5.98. The van der Waals surface area contributed by atoms with Crippen molar-refractivity contribution in [3.05, 3.63) is 35.5 Å². The molecule has 30 heavy (non-hydrogen) atoms. The van der Waals surface area contributed by atoms with Gasteiger partial charge in [-0.05, 0) is 19.4 Å². The number of fused-ring (bicyclic) bond motifs is 1. The highest BCUT2D eigenvalue weighted by atomic mass is 35.5. The molecule has 3 rings (SSSR count). The summed E-state index contributed by atoms with van der Waals surface area (Å²) in [4.78, 5) is 27.5. The fraction of sp³-hybridized carbons (Fsp3) is 0.333. The molecule has 3 aromatic rings. The van der Waals surface area contributed by atoms with Crippen LogP contribution in [-0.4, -0.2) is 44.1 Å². The predicted molar refractivity (Wildman–Crippen MR) is 103 cm³/mol. The molecule has 0 saturated heterocycles. The van der Waals surface area contributed by atoms with Crippen molar-refractivity contribution < 1.29 is 22.4 Å². The van der Waals surface area contributed by atoms with Gasteiger partial charge in [-0.15, -0.1) is 0 Å². The number of hydrogen-bond donors (Lipinski definition) is 3. The molecule has 3 N–H and O–H groups in total. The predicted octanol–water partition coefficient (Wildman–Crippen LogP) is 4.07. The van der Waals surface area contributed by atoms with Crippen LogP contribution in [0.2, 0.25) is 5.02 Å². The van der Waals surface area contributed by atoms with Crippen molar-refractivity contribution in [1.29, 1.82) is 0 Å². The van der Waals surface area contributed by atoms with Crippen molar-refractivity contribution in [2.24, 2.45) is 0 Å². The first-order chi connectivity index (χ1) is 14.0. The molecular weight excluding hydrogens is 428 g/mol. The van der Waals surface area contributed by atoms with E-state index >= 15 is 0 Å². The van der Waals surface area contributed by atoms with Crippen LogP contribution in [0, 0.1) is 5.82 Å². The maximum absolute atomic E-state index is 14.4. The number of H-pyrrole nitrogens is 1. The molecule has 0 aliphatic carbocycles. The molecule has 0 aliphatic heterocycles. The zero-order chi connectivity index (χ0) is 22.1. The van der Waals surface area contributed by atoms with Gasteiger partial charge >= 0.3 is 6.18 Å². The number of aromatic nitrogens is 4. The third kappa shape index (κ3) is 4.61. The van der Waals surface area contributed by atoms with Crippen molar-refractivity contribution in [2.75, 3.05) is 11.9 Å². The third-order valence-corrected chi connectivity index (χ3v) is 4.74. The second kappa shape index (κ2) is 8.05. The van der Waals surface area contributed by atoms with Gasteiger partial charge in [0.1, 0.15) is 17.7 Å². The Bertz CT molecular complexity index is 1090. The van der Waals surface area contributed by atoms with E-state index in [1.165, 1.54) is 13.1 Å². The molecule has 0 bridgehead atoms. The molecule has 0 spiro atoms. The summed E-state index contributed by atoms with van der Waals surface area (Å²) in [6, 6.07) is 1.64. The van der Waals surface area contributed by atoms with E-state index in [0.717, 1.165) is 6.20 Å². The Kier molecular flexibility index (Phi) is 5.84. The highest BCUT2D eigenvalue weighted by Crippen LogP contribution is 2.29. The third-order valence-electron chi connectivity index (χ3n) is 4.53. The molecule has 0 radical (unpaired) electrons. The van der Waals surface area contributed by atoms with Gasteiger partial charge in [0.2, 0.25) is 5.91 Å². The zero-order valence-electron chi connectivity index (χ0n) is 15.9. The Labute approximate surface area is 173 Å². The van der Waals surface area contributed by atoms with Crippen LogP contribution in [0.3, 0.4) is 0 Å². The van der Waals surface area contributed by atoms with Crippen LogP contribution >= 0.6 is 11.6 Å². The number of carbonyl (C=O) groups is 1. The van der Waals surface area contributed by atoms with Gasteiger partial charge in [-0.1, -0.05) is 18.5 Å². The lowest BCUT2D eigenvalue weighted by molar-refractivity contribution is -0.140. The van der Waals surface area contributed by atoms with Gasteiger partial charge < -0.3 is 15.6 Å². The normalized spacial score (nSPS) is 13.8. The maximum Gasteiger partial charge on any atom is 0.405 e. The van der Waals surface area contributed by atoms with E-state index in [9.17, 15) is 22.4 Å². The van der Waals surface area contributed by atoms with Gasteiger partial charge in [-0.2, -0.15) is 13.2 Å². The molecule has 12 heteroatoms. The van der Waals surface area contributed by atoms with E-state index in [2.05, 4.69) is 25.3 Å². The molecule has 0 fully saturated rings. The lowest BCUT2D eigenvalue weighted by atomic mass is 9.97. The summed E-state index contributed by atoms with van der Waals surface area (Å²) in [6.07, 6.45) is -0.565. The summed E-state index contributed by atoms with van der Waals surface area (Å²) in [7, 11) is 0. The van der Waals surface area contributed by atoms with Gasteiger partial charge in [0, 0.05) is 23.3 Å². The summed E-state index contributed by atoms with van der Waals surface area (Å²) in [5.41, 5.74) is -0.535. The van der Waals surface area contributed by atoms with E-state index in [-0.39, 0.29) is 18.1 Å². The maximum atomic E-state index is 14.4. The summed E-state index contributed by atoms with van der Waals surface area (Å²) < 4.78 is 51.7. The number of nitrogens with zero attached hydrogens (tertiary/aromatic N) is 3. The number of hydrogen-bond acceptors (Lipinski definition) is 5. The number of anilines is 1. The van der Waals surface area contributed by atoms with Crippen LogP contribution in [0.25, 0.3) is 22.4 Å². The van der Waals surface area contributed by atoms with Crippen LogP contribution in [0.4, 0.5) is 23.4 Å². The van der Waals surface area contributed by atoms with Crippen LogP contribution < -0.4 is 10.6 Å². The molecule has 3 aromatic heterocycles. The SMILES string of the molecule is CC[C@](C)(Nc1nc(-c2c[nH]c3ncc(Cl)cc23)ncc1F)C(=O)NCC(F)(F)F. The molecule has 0 saturated carbocycles. The van der Waals surface area contributed by atoms with E-state index < -0.39 is 30.0 Å². The number of carbonyl (C=O) groups excluding carboxylic acids is 1. The monoisotopic (exact) mass is 444 g/mol. The number of amides is 1. The number of halogens is 5. The molecule has 7 nitrogen and oxygen atoms in total. The summed E-state index contributed by atoms with van der Waals surface area (Å²) in [5.74, 6) is -2.01. The van der Waals surface area contributed by atoms with E-state index in [1.807, 2.05) is 0 Å². The van der Waals surface area contributed by atoms with E-state index in [1.54, 1.807) is 24.5 Å². The first kappa shape index (κ1) is 21.8. The second-order valence-electron chi connectivity index (χ2n) is 6.75. The van der Waals surface area contributed by atoms with Gasteiger partial charge in [0.05, 0.1) is 11.2 Å². The van der Waals surface area contributed by atoms with Crippen LogP contribution in [0.5, 0.6) is 0 Å². The van der Waals surface area contributed by atoms with Gasteiger partial charge in [-0.25, -0.2) is 19.3 Å². The lowest BCUT2D eigenvalue weighted by Crippen LogP contribution is -2.52. The molecule has 0 unspecified atom stereocenters. The molecule has 3 heterocycles. The van der Waals surface area contributed by atoms with Crippen LogP contribution in [0.15, 0.2) is 24.7 Å². The largest absolute Gasteiger partial charge is 0.405 e. The lowest BCUT2D eigenvalue weighted by Gasteiger charge is -2.29. The molecular formula is C18H17ClF4N6O. The summed E-state index contributed by atoms with van der Waals surface area (Å²) in [5, 5.41) is 5.40. The van der Waals surface area contributed by atoms with Crippen molar-refractivity contribution in [3.63, 3.8) is 0 Å². The van der Waals surface area contributed by atoms with E-state index in [0.29, 0.717) is 21.6 Å². The minimum absolute atomic E-state index is 0.0715. The first-order valence-electron chi connectivity index (χ1n) is 8.81. The number of pyridine rings is 1. The molecule has 0 aliphatic rings. The fourth-order valence-corrected chi connectivity index (χ4v) is 2.85. The zero-order valence-corrected chi connectivity index (χ0v) is 16.6. The standard InChI is InChI=1S/C18H17ClF4N6O/c1-3-17(2,16(30)27-8-18(21,22)23)29-15-12(20)7-26-14(28-15)11-6-25-13-10(11)4-9(19)5-24-13/h4-7H,3,8H2,1-2H3,(H,24,25)(H,27,30)(H,26,28,29)/t17-/m0/s1. The quantitative estimate of drug-likeness (QED) is 0.498. The van der Waals surface area contributed by atoms with Crippen molar-refractivity contribution >= 4 is 34.4 Å². The van der Waals surface area contributed by atoms with Crippen molar-refractivity contribution in [1.82, 2.24) is 25.3 Å². The smallest absolute Gasteiger partial charge is 0.354 e. The minimum Gasteiger partial charge on any atom is -0.354 e. The van der Waals surface area contributed by atoms with E-state index in [4.69, 9.17) is 11.6 Å². The molecule has 0 aromatic carbocycles. The van der Waals surface area contributed by atoms with Crippen LogP contribution in [-0.2, 0) is 4.79 Å². The highest BCUT2D eigenvalue weighted by molar-refractivity contribution is 6.31. The first-order valence-corrected chi connectivity index (χ1v) is 9.19. The van der Waals surface area contributed by atoms with Crippen molar-refractivity contribution in [2.45, 2.75) is 32.0 Å². The van der Waals surface area contributed by atoms with Gasteiger partial charge in [-0.3, -0.25) is 4.79 Å². The number of aromatic amines is 1. The number of nitrogens with one attached hydrogen (secondary N) is 3. The number of rotatable bonds is 6. The van der Waals surface area contributed by atoms with Crippen molar-refractivity contribution in [3.8, 4) is 11.4 Å². The molecule has 160 valence electrons. The fourth-order valence-electron chi connectivity index (χ4n) is 2.69. The Morgan fingerprint density at radius 1 is 1.27 bits per heavy atom. The van der Waals surface area contributed by atoms with Crippen LogP contribution in [0.1, 0.15) is 20.3 Å². The minimum atomic E-state index is -4.57. The highest BCUT2D eigenvalue weighted by Gasteiger charge is 2.36. The topological polar surface area (TPSA) is 95.6 Å².